The smallest absolute Gasteiger partial charge is 0.338 e. The lowest BCUT2D eigenvalue weighted by atomic mass is 10.1. The number of halogens is 2. The molecule has 116 valence electrons. The number of carboxylic acid groups (broad SMARTS) is 1. The fourth-order valence-electron chi connectivity index (χ4n) is 2.35. The van der Waals surface area contributed by atoms with E-state index in [4.69, 9.17) is 5.11 Å². The van der Waals surface area contributed by atoms with Crippen molar-refractivity contribution < 1.29 is 18.7 Å². The number of anilines is 1. The third-order valence-corrected chi connectivity index (χ3v) is 3.66. The molecule has 0 bridgehead atoms. The molecule has 0 saturated carbocycles. The summed E-state index contributed by atoms with van der Waals surface area (Å²) in [7, 11) is 1.67. The first-order chi connectivity index (χ1) is 10.0. The van der Waals surface area contributed by atoms with Gasteiger partial charge in [0.1, 0.15) is 0 Å². The van der Waals surface area contributed by atoms with Gasteiger partial charge < -0.3 is 15.3 Å². The summed E-state index contributed by atoms with van der Waals surface area (Å²) in [6.07, 6.45) is 0. The van der Waals surface area contributed by atoms with Crippen LogP contribution in [-0.4, -0.2) is 62.3 Å². The highest BCUT2D eigenvalue weighted by atomic mass is 19.2. The Balaban J connectivity index is 2.03. The van der Waals surface area contributed by atoms with Crippen LogP contribution >= 0.6 is 0 Å². The summed E-state index contributed by atoms with van der Waals surface area (Å²) in [5.41, 5.74) is -0.570. The molecular weight excluding hydrogens is 280 g/mol. The third-order valence-electron chi connectivity index (χ3n) is 3.66. The first-order valence-electron chi connectivity index (χ1n) is 6.86. The number of aromatic carboxylic acids is 1. The molecule has 0 aromatic heterocycles. The summed E-state index contributed by atoms with van der Waals surface area (Å²) in [6.45, 7) is 5.02. The molecule has 1 heterocycles. The van der Waals surface area contributed by atoms with Crippen LogP contribution in [0.4, 0.5) is 14.5 Å². The van der Waals surface area contributed by atoms with Gasteiger partial charge in [0, 0.05) is 46.3 Å². The molecule has 0 radical (unpaired) electrons. The first kappa shape index (κ1) is 15.7. The summed E-state index contributed by atoms with van der Waals surface area (Å²) < 4.78 is 27.6. The highest BCUT2D eigenvalue weighted by molar-refractivity contribution is 5.88. The number of rotatable bonds is 5. The Hall–Kier alpha value is -1.73. The van der Waals surface area contributed by atoms with Crippen LogP contribution in [0.5, 0.6) is 0 Å². The highest BCUT2D eigenvalue weighted by Crippen LogP contribution is 2.23. The zero-order valence-corrected chi connectivity index (χ0v) is 11.9. The molecule has 0 amide bonds. The Bertz CT molecular complexity index is 519. The minimum atomic E-state index is -1.47. The topological polar surface area (TPSA) is 55.8 Å². The monoisotopic (exact) mass is 299 g/mol. The zero-order valence-electron chi connectivity index (χ0n) is 11.9. The molecule has 2 rings (SSSR count). The second kappa shape index (κ2) is 6.82. The van der Waals surface area contributed by atoms with Gasteiger partial charge >= 0.3 is 5.97 Å². The fourth-order valence-corrected chi connectivity index (χ4v) is 2.35. The van der Waals surface area contributed by atoms with Crippen molar-refractivity contribution in [1.82, 2.24) is 10.2 Å². The van der Waals surface area contributed by atoms with Crippen molar-refractivity contribution in [2.45, 2.75) is 0 Å². The Labute approximate surface area is 122 Å². The van der Waals surface area contributed by atoms with Gasteiger partial charge in [0.2, 0.25) is 0 Å². The number of carbonyl (C=O) groups is 1. The number of carboxylic acids is 1. The van der Waals surface area contributed by atoms with E-state index in [9.17, 15) is 13.6 Å². The Morgan fingerprint density at radius 1 is 1.33 bits per heavy atom. The second-order valence-electron chi connectivity index (χ2n) is 5.08. The van der Waals surface area contributed by atoms with Crippen molar-refractivity contribution in [1.29, 1.82) is 0 Å². The van der Waals surface area contributed by atoms with Crippen LogP contribution in [0.3, 0.4) is 0 Å². The quantitative estimate of drug-likeness (QED) is 0.850. The first-order valence-corrected chi connectivity index (χ1v) is 6.86. The predicted molar refractivity (Wildman–Crippen MR) is 75.9 cm³/mol. The van der Waals surface area contributed by atoms with Gasteiger partial charge in [-0.3, -0.25) is 4.90 Å². The minimum Gasteiger partial charge on any atom is -0.478 e. The molecule has 0 aliphatic carbocycles. The number of hydrogen-bond acceptors (Lipinski definition) is 4. The normalized spacial score (nSPS) is 16.0. The van der Waals surface area contributed by atoms with Crippen molar-refractivity contribution in [2.75, 3.05) is 51.2 Å². The van der Waals surface area contributed by atoms with Crippen molar-refractivity contribution in [3.63, 3.8) is 0 Å². The molecule has 1 aliphatic rings. The number of likely N-dealkylation sites (N-methyl/N-ethyl adjacent to an activating group) is 1. The number of hydrogen-bond donors (Lipinski definition) is 2. The van der Waals surface area contributed by atoms with Crippen molar-refractivity contribution in [3.8, 4) is 0 Å². The summed E-state index contributed by atoms with van der Waals surface area (Å²) >= 11 is 0. The van der Waals surface area contributed by atoms with Crippen LogP contribution in [-0.2, 0) is 0 Å². The Kier molecular flexibility index (Phi) is 5.08. The molecule has 1 aromatic carbocycles. The molecular formula is C14H19F2N3O2. The molecule has 7 heteroatoms. The summed E-state index contributed by atoms with van der Waals surface area (Å²) in [4.78, 5) is 14.6. The maximum Gasteiger partial charge on any atom is 0.338 e. The SMILES string of the molecule is CN(CCN1CCNCC1)c1ccc(C(=O)O)c(F)c1F. The summed E-state index contributed by atoms with van der Waals surface area (Å²) in [5, 5.41) is 12.0. The fraction of sp³-hybridized carbons (Fsp3) is 0.500. The van der Waals surface area contributed by atoms with Crippen LogP contribution in [0.25, 0.3) is 0 Å². The molecule has 1 aliphatic heterocycles. The van der Waals surface area contributed by atoms with Gasteiger partial charge in [0.05, 0.1) is 11.3 Å². The number of benzene rings is 1. The maximum atomic E-state index is 13.9. The van der Waals surface area contributed by atoms with E-state index in [-0.39, 0.29) is 5.69 Å². The maximum absolute atomic E-state index is 13.9. The molecule has 5 nitrogen and oxygen atoms in total. The van der Waals surface area contributed by atoms with E-state index < -0.39 is 23.2 Å². The standard InChI is InChI=1S/C14H19F2N3O2/c1-18(8-9-19-6-4-17-5-7-19)11-3-2-10(14(20)21)12(15)13(11)16/h2-3,17H,4-9H2,1H3,(H,20,21). The van der Waals surface area contributed by atoms with Crippen molar-refractivity contribution in [3.05, 3.63) is 29.3 Å². The molecule has 0 atom stereocenters. The van der Waals surface area contributed by atoms with Gasteiger partial charge in [-0.25, -0.2) is 13.6 Å². The Morgan fingerprint density at radius 3 is 2.62 bits per heavy atom. The summed E-state index contributed by atoms with van der Waals surface area (Å²) in [6, 6.07) is 2.40. The van der Waals surface area contributed by atoms with E-state index in [1.165, 1.54) is 6.07 Å². The zero-order chi connectivity index (χ0) is 15.4. The van der Waals surface area contributed by atoms with Gasteiger partial charge in [-0.05, 0) is 12.1 Å². The molecule has 2 N–H and O–H groups in total. The van der Waals surface area contributed by atoms with Gasteiger partial charge in [0.25, 0.3) is 0 Å². The average molecular weight is 299 g/mol. The lowest BCUT2D eigenvalue weighted by Crippen LogP contribution is -2.46. The van der Waals surface area contributed by atoms with Crippen molar-refractivity contribution >= 4 is 11.7 Å². The molecule has 21 heavy (non-hydrogen) atoms. The van der Waals surface area contributed by atoms with E-state index in [1.54, 1.807) is 11.9 Å². The van der Waals surface area contributed by atoms with Gasteiger partial charge in [-0.2, -0.15) is 0 Å². The van der Waals surface area contributed by atoms with Crippen LogP contribution in [0, 0.1) is 11.6 Å². The van der Waals surface area contributed by atoms with E-state index in [1.807, 2.05) is 0 Å². The number of nitrogens with zero attached hydrogens (tertiary/aromatic N) is 2. The lowest BCUT2D eigenvalue weighted by Gasteiger charge is -2.29. The average Bonchev–Trinajstić information content (AvgIpc) is 2.48. The Morgan fingerprint density at radius 2 is 2.00 bits per heavy atom. The minimum absolute atomic E-state index is 0.0765. The van der Waals surface area contributed by atoms with Gasteiger partial charge in [-0.1, -0.05) is 0 Å². The predicted octanol–water partition coefficient (Wildman–Crippen LogP) is 1.00. The van der Waals surface area contributed by atoms with E-state index in [0.29, 0.717) is 6.54 Å². The number of nitrogens with one attached hydrogen (secondary N) is 1. The van der Waals surface area contributed by atoms with Gasteiger partial charge in [0.15, 0.2) is 11.6 Å². The lowest BCUT2D eigenvalue weighted by molar-refractivity contribution is 0.0690. The molecule has 1 aromatic rings. The molecule has 1 saturated heterocycles. The van der Waals surface area contributed by atoms with E-state index >= 15 is 0 Å². The largest absolute Gasteiger partial charge is 0.478 e. The molecule has 0 unspecified atom stereocenters. The third kappa shape index (κ3) is 3.68. The van der Waals surface area contributed by atoms with Crippen LogP contribution in [0.15, 0.2) is 12.1 Å². The second-order valence-corrected chi connectivity index (χ2v) is 5.08. The van der Waals surface area contributed by atoms with E-state index in [2.05, 4.69) is 10.2 Å². The van der Waals surface area contributed by atoms with E-state index in [0.717, 1.165) is 38.8 Å². The van der Waals surface area contributed by atoms with Crippen LogP contribution in [0.1, 0.15) is 10.4 Å². The van der Waals surface area contributed by atoms with Crippen LogP contribution in [0.2, 0.25) is 0 Å². The highest BCUT2D eigenvalue weighted by Gasteiger charge is 2.20. The van der Waals surface area contributed by atoms with Crippen LogP contribution < -0.4 is 10.2 Å². The molecule has 0 spiro atoms. The van der Waals surface area contributed by atoms with Gasteiger partial charge in [-0.15, -0.1) is 0 Å². The number of piperazine rings is 1. The van der Waals surface area contributed by atoms with Crippen molar-refractivity contribution in [2.24, 2.45) is 0 Å². The summed E-state index contributed by atoms with van der Waals surface area (Å²) in [5.74, 6) is -3.90. The molecule has 1 fully saturated rings.